The second kappa shape index (κ2) is 9.56. The first kappa shape index (κ1) is 21.4. The minimum atomic E-state index is 0.393. The molecule has 0 aliphatic rings. The van der Waals surface area contributed by atoms with Crippen LogP contribution in [-0.2, 0) is 6.54 Å². The normalized spacial score (nSPS) is 10.9. The minimum Gasteiger partial charge on any atom is -0.493 e. The Bertz CT molecular complexity index is 1220. The van der Waals surface area contributed by atoms with Crippen molar-refractivity contribution in [2.75, 3.05) is 24.9 Å². The van der Waals surface area contributed by atoms with Crippen molar-refractivity contribution in [1.29, 1.82) is 0 Å². The molecule has 0 saturated heterocycles. The van der Waals surface area contributed by atoms with Crippen LogP contribution in [0.2, 0.25) is 0 Å². The molecule has 0 bridgehead atoms. The lowest BCUT2D eigenvalue weighted by Crippen LogP contribution is -2.08. The highest BCUT2D eigenvalue weighted by Crippen LogP contribution is 2.32. The second-order valence-electron chi connectivity index (χ2n) is 7.79. The predicted octanol–water partition coefficient (Wildman–Crippen LogP) is 6.13. The van der Waals surface area contributed by atoms with E-state index in [0.717, 1.165) is 28.0 Å². The number of nitrogens with zero attached hydrogens (tertiary/aromatic N) is 2. The van der Waals surface area contributed by atoms with Crippen LogP contribution in [0.15, 0.2) is 66.7 Å². The van der Waals surface area contributed by atoms with E-state index in [2.05, 4.69) is 42.7 Å². The molecule has 32 heavy (non-hydrogen) atoms. The summed E-state index contributed by atoms with van der Waals surface area (Å²) in [6.45, 7) is 4.88. The van der Waals surface area contributed by atoms with Gasteiger partial charge in [-0.3, -0.25) is 0 Å². The van der Waals surface area contributed by atoms with Crippen molar-refractivity contribution in [2.45, 2.75) is 26.3 Å². The molecule has 6 nitrogen and oxygen atoms in total. The van der Waals surface area contributed by atoms with E-state index in [-0.39, 0.29) is 0 Å². The van der Waals surface area contributed by atoms with Crippen molar-refractivity contribution in [2.24, 2.45) is 0 Å². The van der Waals surface area contributed by atoms with Gasteiger partial charge in [0.1, 0.15) is 5.82 Å². The van der Waals surface area contributed by atoms with Gasteiger partial charge in [-0.2, -0.15) is 4.98 Å². The zero-order valence-electron chi connectivity index (χ0n) is 18.8. The molecule has 1 heterocycles. The van der Waals surface area contributed by atoms with Crippen LogP contribution in [0.25, 0.3) is 10.9 Å². The third kappa shape index (κ3) is 4.44. The van der Waals surface area contributed by atoms with Crippen LogP contribution in [0.4, 0.5) is 17.5 Å². The van der Waals surface area contributed by atoms with E-state index in [0.29, 0.717) is 29.9 Å². The van der Waals surface area contributed by atoms with Crippen molar-refractivity contribution >= 4 is 28.4 Å². The van der Waals surface area contributed by atoms with Crippen molar-refractivity contribution in [3.05, 3.63) is 77.9 Å². The van der Waals surface area contributed by atoms with Gasteiger partial charge in [0.2, 0.25) is 5.95 Å². The Hall–Kier alpha value is -3.80. The standard InChI is InChI=1S/C26H28N4O2/c1-17(2)19-11-5-7-13-21(19)28-25-20-12-6-8-14-22(20)29-26(30-25)27-16-18-10-9-15-23(31-3)24(18)32-4/h5-15,17H,16H2,1-4H3,(H2,27,28,29,30). The number of fused-ring (bicyclic) bond motifs is 1. The summed E-state index contributed by atoms with van der Waals surface area (Å²) in [5.74, 6) is 3.10. The first-order valence-corrected chi connectivity index (χ1v) is 10.7. The topological polar surface area (TPSA) is 68.3 Å². The summed E-state index contributed by atoms with van der Waals surface area (Å²) >= 11 is 0. The molecule has 3 aromatic carbocycles. The van der Waals surface area contributed by atoms with Gasteiger partial charge in [-0.25, -0.2) is 4.98 Å². The first-order valence-electron chi connectivity index (χ1n) is 10.7. The molecule has 164 valence electrons. The summed E-state index contributed by atoms with van der Waals surface area (Å²) in [6, 6.07) is 22.1. The largest absolute Gasteiger partial charge is 0.493 e. The average molecular weight is 429 g/mol. The molecule has 1 aromatic heterocycles. The zero-order chi connectivity index (χ0) is 22.5. The average Bonchev–Trinajstić information content (AvgIpc) is 2.82. The zero-order valence-corrected chi connectivity index (χ0v) is 18.8. The monoisotopic (exact) mass is 428 g/mol. The number of rotatable bonds is 8. The SMILES string of the molecule is COc1cccc(CNc2nc(Nc3ccccc3C(C)C)c3ccccc3n2)c1OC. The number of methoxy groups -OCH3 is 2. The van der Waals surface area contributed by atoms with E-state index in [1.54, 1.807) is 14.2 Å². The van der Waals surface area contributed by atoms with Gasteiger partial charge in [-0.15, -0.1) is 0 Å². The van der Waals surface area contributed by atoms with E-state index < -0.39 is 0 Å². The number of nitrogens with one attached hydrogen (secondary N) is 2. The van der Waals surface area contributed by atoms with E-state index in [1.807, 2.05) is 48.5 Å². The van der Waals surface area contributed by atoms with Gasteiger partial charge >= 0.3 is 0 Å². The minimum absolute atomic E-state index is 0.393. The van der Waals surface area contributed by atoms with E-state index in [1.165, 1.54) is 5.56 Å². The summed E-state index contributed by atoms with van der Waals surface area (Å²) in [5.41, 5.74) is 4.12. The molecule has 4 aromatic rings. The molecule has 0 aliphatic heterocycles. The molecular formula is C26H28N4O2. The first-order chi connectivity index (χ1) is 15.6. The second-order valence-corrected chi connectivity index (χ2v) is 7.79. The third-order valence-corrected chi connectivity index (χ3v) is 5.36. The van der Waals surface area contributed by atoms with Crippen LogP contribution in [0.3, 0.4) is 0 Å². The lowest BCUT2D eigenvalue weighted by atomic mass is 10.0. The van der Waals surface area contributed by atoms with Gasteiger partial charge < -0.3 is 20.1 Å². The Morgan fingerprint density at radius 2 is 1.62 bits per heavy atom. The molecule has 0 aliphatic carbocycles. The number of ether oxygens (including phenoxy) is 2. The van der Waals surface area contributed by atoms with Crippen molar-refractivity contribution < 1.29 is 9.47 Å². The molecular weight excluding hydrogens is 400 g/mol. The number of aromatic nitrogens is 2. The van der Waals surface area contributed by atoms with Gasteiger partial charge in [0.25, 0.3) is 0 Å². The van der Waals surface area contributed by atoms with Crippen LogP contribution in [-0.4, -0.2) is 24.2 Å². The van der Waals surface area contributed by atoms with Gasteiger partial charge in [-0.1, -0.05) is 56.3 Å². The van der Waals surface area contributed by atoms with Crippen LogP contribution in [0.5, 0.6) is 11.5 Å². The molecule has 0 fully saturated rings. The van der Waals surface area contributed by atoms with Gasteiger partial charge in [0.15, 0.2) is 11.5 Å². The van der Waals surface area contributed by atoms with Crippen LogP contribution < -0.4 is 20.1 Å². The summed E-state index contributed by atoms with van der Waals surface area (Å²) in [4.78, 5) is 9.52. The highest BCUT2D eigenvalue weighted by Gasteiger charge is 2.13. The molecule has 4 rings (SSSR count). The van der Waals surface area contributed by atoms with Gasteiger partial charge in [0, 0.05) is 23.2 Å². The lowest BCUT2D eigenvalue weighted by molar-refractivity contribution is 0.352. The molecule has 2 N–H and O–H groups in total. The maximum Gasteiger partial charge on any atom is 0.225 e. The van der Waals surface area contributed by atoms with Crippen molar-refractivity contribution in [1.82, 2.24) is 9.97 Å². The number of para-hydroxylation sites is 3. The number of anilines is 3. The fraction of sp³-hybridized carbons (Fsp3) is 0.231. The van der Waals surface area contributed by atoms with Gasteiger partial charge in [-0.05, 0) is 35.7 Å². The van der Waals surface area contributed by atoms with Crippen molar-refractivity contribution in [3.63, 3.8) is 0 Å². The number of hydrogen-bond acceptors (Lipinski definition) is 6. The summed E-state index contributed by atoms with van der Waals surface area (Å²) in [7, 11) is 3.27. The quantitative estimate of drug-likeness (QED) is 0.352. The van der Waals surface area contributed by atoms with Crippen LogP contribution >= 0.6 is 0 Å². The molecule has 0 unspecified atom stereocenters. The Morgan fingerprint density at radius 3 is 2.41 bits per heavy atom. The van der Waals surface area contributed by atoms with Crippen LogP contribution in [0.1, 0.15) is 30.9 Å². The van der Waals surface area contributed by atoms with Crippen molar-refractivity contribution in [3.8, 4) is 11.5 Å². The van der Waals surface area contributed by atoms with E-state index in [9.17, 15) is 0 Å². The maximum absolute atomic E-state index is 5.55. The van der Waals surface area contributed by atoms with E-state index >= 15 is 0 Å². The Morgan fingerprint density at radius 1 is 0.844 bits per heavy atom. The number of hydrogen-bond donors (Lipinski definition) is 2. The molecule has 6 heteroatoms. The molecule has 0 saturated carbocycles. The smallest absolute Gasteiger partial charge is 0.225 e. The third-order valence-electron chi connectivity index (χ3n) is 5.36. The Balaban J connectivity index is 1.68. The molecule has 0 radical (unpaired) electrons. The summed E-state index contributed by atoms with van der Waals surface area (Å²) in [5, 5.41) is 7.85. The summed E-state index contributed by atoms with van der Waals surface area (Å²) in [6.07, 6.45) is 0. The predicted molar refractivity (Wildman–Crippen MR) is 130 cm³/mol. The van der Waals surface area contributed by atoms with Gasteiger partial charge in [0.05, 0.1) is 19.7 Å². The highest BCUT2D eigenvalue weighted by molar-refractivity contribution is 5.92. The molecule has 0 atom stereocenters. The van der Waals surface area contributed by atoms with Crippen LogP contribution in [0, 0.1) is 0 Å². The highest BCUT2D eigenvalue weighted by atomic mass is 16.5. The lowest BCUT2D eigenvalue weighted by Gasteiger charge is -2.17. The molecule has 0 spiro atoms. The molecule has 0 amide bonds. The fourth-order valence-electron chi connectivity index (χ4n) is 3.76. The fourth-order valence-corrected chi connectivity index (χ4v) is 3.76. The Labute approximate surface area is 188 Å². The number of benzene rings is 3. The maximum atomic E-state index is 5.55. The van der Waals surface area contributed by atoms with E-state index in [4.69, 9.17) is 19.4 Å². The Kier molecular flexibility index (Phi) is 6.40. The summed E-state index contributed by atoms with van der Waals surface area (Å²) < 4.78 is 11.0.